The van der Waals surface area contributed by atoms with Crippen LogP contribution in [0.5, 0.6) is 0 Å². The molecule has 1 aromatic carbocycles. The van der Waals surface area contributed by atoms with Gasteiger partial charge in [0.1, 0.15) is 6.10 Å². The zero-order chi connectivity index (χ0) is 13.7. The Balaban J connectivity index is 2.01. The Bertz CT molecular complexity index is 496. The molecular formula is C16H19NO2. The van der Waals surface area contributed by atoms with Crippen molar-refractivity contribution in [3.05, 3.63) is 65.5 Å². The summed E-state index contributed by atoms with van der Waals surface area (Å²) in [5.74, 6) is 0. The standard InChI is InChI=1S/C16H19NO2/c1-2-12-8-9-14(17-11-12)10-15(18)16(19)13-6-4-3-5-7-13/h3-9,11,15-16,18-19H,2,10H2,1H3. The van der Waals surface area contributed by atoms with E-state index in [2.05, 4.69) is 11.9 Å². The molecule has 0 aliphatic heterocycles. The monoisotopic (exact) mass is 257 g/mol. The van der Waals surface area contributed by atoms with Gasteiger partial charge in [-0.1, -0.05) is 43.3 Å². The summed E-state index contributed by atoms with van der Waals surface area (Å²) in [5.41, 5.74) is 2.68. The molecule has 0 bridgehead atoms. The van der Waals surface area contributed by atoms with E-state index < -0.39 is 12.2 Å². The zero-order valence-corrected chi connectivity index (χ0v) is 11.0. The molecule has 0 saturated heterocycles. The van der Waals surface area contributed by atoms with E-state index in [1.807, 2.05) is 48.7 Å². The fraction of sp³-hybridized carbons (Fsp3) is 0.312. The van der Waals surface area contributed by atoms with Gasteiger partial charge in [-0.05, 0) is 23.6 Å². The molecule has 0 spiro atoms. The van der Waals surface area contributed by atoms with Crippen molar-refractivity contribution in [2.75, 3.05) is 0 Å². The number of aliphatic hydroxyl groups is 2. The third-order valence-electron chi connectivity index (χ3n) is 3.22. The van der Waals surface area contributed by atoms with Gasteiger partial charge in [-0.25, -0.2) is 0 Å². The summed E-state index contributed by atoms with van der Waals surface area (Å²) in [6.07, 6.45) is 1.38. The second-order valence-corrected chi connectivity index (χ2v) is 4.64. The molecule has 1 heterocycles. The van der Waals surface area contributed by atoms with Crippen molar-refractivity contribution in [2.24, 2.45) is 0 Å². The van der Waals surface area contributed by atoms with Crippen LogP contribution in [0.25, 0.3) is 0 Å². The molecule has 0 radical (unpaired) electrons. The number of rotatable bonds is 5. The summed E-state index contributed by atoms with van der Waals surface area (Å²) in [7, 11) is 0. The van der Waals surface area contributed by atoms with Crippen LogP contribution in [0.3, 0.4) is 0 Å². The highest BCUT2D eigenvalue weighted by Gasteiger charge is 2.18. The Hall–Kier alpha value is -1.71. The van der Waals surface area contributed by atoms with Crippen LogP contribution in [0.1, 0.15) is 29.8 Å². The van der Waals surface area contributed by atoms with E-state index in [1.165, 1.54) is 5.56 Å². The summed E-state index contributed by atoms with van der Waals surface area (Å²) in [5, 5.41) is 20.1. The number of hydrogen-bond acceptors (Lipinski definition) is 3. The molecule has 19 heavy (non-hydrogen) atoms. The summed E-state index contributed by atoms with van der Waals surface area (Å²) in [6, 6.07) is 13.1. The van der Waals surface area contributed by atoms with Crippen molar-refractivity contribution in [3.8, 4) is 0 Å². The van der Waals surface area contributed by atoms with E-state index in [0.29, 0.717) is 6.42 Å². The number of aryl methyl sites for hydroxylation is 1. The van der Waals surface area contributed by atoms with Crippen molar-refractivity contribution in [1.29, 1.82) is 0 Å². The molecule has 0 fully saturated rings. The van der Waals surface area contributed by atoms with E-state index in [-0.39, 0.29) is 0 Å². The SMILES string of the molecule is CCc1ccc(CC(O)C(O)c2ccccc2)nc1. The molecule has 2 unspecified atom stereocenters. The second-order valence-electron chi connectivity index (χ2n) is 4.64. The summed E-state index contributed by atoms with van der Waals surface area (Å²) < 4.78 is 0. The average molecular weight is 257 g/mol. The molecule has 3 heteroatoms. The fourth-order valence-corrected chi connectivity index (χ4v) is 1.98. The minimum absolute atomic E-state index is 0.347. The Kier molecular flexibility index (Phi) is 4.66. The first-order valence-electron chi connectivity index (χ1n) is 6.55. The molecule has 0 saturated carbocycles. The third-order valence-corrected chi connectivity index (χ3v) is 3.22. The van der Waals surface area contributed by atoms with Gasteiger partial charge in [-0.2, -0.15) is 0 Å². The molecular weight excluding hydrogens is 238 g/mol. The lowest BCUT2D eigenvalue weighted by Gasteiger charge is -2.17. The van der Waals surface area contributed by atoms with E-state index in [1.54, 1.807) is 0 Å². The van der Waals surface area contributed by atoms with Gasteiger partial charge < -0.3 is 10.2 Å². The van der Waals surface area contributed by atoms with Gasteiger partial charge in [-0.3, -0.25) is 4.98 Å². The Morgan fingerprint density at radius 2 is 1.79 bits per heavy atom. The number of aliphatic hydroxyl groups excluding tert-OH is 2. The van der Waals surface area contributed by atoms with Gasteiger partial charge in [0.05, 0.1) is 6.10 Å². The van der Waals surface area contributed by atoms with E-state index in [9.17, 15) is 10.2 Å². The van der Waals surface area contributed by atoms with Gasteiger partial charge in [0.2, 0.25) is 0 Å². The molecule has 1 aromatic heterocycles. The van der Waals surface area contributed by atoms with Crippen LogP contribution >= 0.6 is 0 Å². The van der Waals surface area contributed by atoms with Crippen molar-refractivity contribution < 1.29 is 10.2 Å². The lowest BCUT2D eigenvalue weighted by Crippen LogP contribution is -2.21. The maximum Gasteiger partial charge on any atom is 0.105 e. The van der Waals surface area contributed by atoms with Gasteiger partial charge in [-0.15, -0.1) is 0 Å². The quantitative estimate of drug-likeness (QED) is 0.864. The summed E-state index contributed by atoms with van der Waals surface area (Å²) >= 11 is 0. The van der Waals surface area contributed by atoms with Crippen LogP contribution < -0.4 is 0 Å². The normalized spacial score (nSPS) is 14.1. The highest BCUT2D eigenvalue weighted by Crippen LogP contribution is 2.19. The van der Waals surface area contributed by atoms with Gasteiger partial charge in [0, 0.05) is 18.3 Å². The molecule has 2 atom stereocenters. The predicted octanol–water partition coefficient (Wildman–Crippen LogP) is 2.28. The van der Waals surface area contributed by atoms with Crippen LogP contribution in [0.15, 0.2) is 48.7 Å². The Morgan fingerprint density at radius 3 is 2.37 bits per heavy atom. The highest BCUT2D eigenvalue weighted by atomic mass is 16.3. The smallest absolute Gasteiger partial charge is 0.105 e. The topological polar surface area (TPSA) is 53.4 Å². The van der Waals surface area contributed by atoms with Crippen LogP contribution in [-0.4, -0.2) is 21.3 Å². The first-order chi connectivity index (χ1) is 9.20. The molecule has 100 valence electrons. The van der Waals surface area contributed by atoms with Gasteiger partial charge in [0.25, 0.3) is 0 Å². The van der Waals surface area contributed by atoms with Crippen molar-refractivity contribution in [1.82, 2.24) is 4.98 Å². The molecule has 0 aliphatic rings. The third kappa shape index (κ3) is 3.63. The fourth-order valence-electron chi connectivity index (χ4n) is 1.98. The van der Waals surface area contributed by atoms with Crippen molar-refractivity contribution in [2.45, 2.75) is 32.0 Å². The summed E-state index contributed by atoms with van der Waals surface area (Å²) in [4.78, 5) is 4.29. The largest absolute Gasteiger partial charge is 0.390 e. The molecule has 2 rings (SSSR count). The van der Waals surface area contributed by atoms with Crippen LogP contribution in [-0.2, 0) is 12.8 Å². The lowest BCUT2D eigenvalue weighted by molar-refractivity contribution is 0.0184. The molecule has 2 N–H and O–H groups in total. The zero-order valence-electron chi connectivity index (χ0n) is 11.0. The van der Waals surface area contributed by atoms with Crippen LogP contribution in [0.4, 0.5) is 0 Å². The maximum atomic E-state index is 10.1. The molecule has 2 aromatic rings. The molecule has 3 nitrogen and oxygen atoms in total. The Morgan fingerprint density at radius 1 is 1.05 bits per heavy atom. The average Bonchev–Trinajstić information content (AvgIpc) is 2.48. The number of benzene rings is 1. The van der Waals surface area contributed by atoms with E-state index in [4.69, 9.17) is 0 Å². The number of nitrogens with zero attached hydrogens (tertiary/aromatic N) is 1. The van der Waals surface area contributed by atoms with Gasteiger partial charge >= 0.3 is 0 Å². The summed E-state index contributed by atoms with van der Waals surface area (Å²) in [6.45, 7) is 2.07. The van der Waals surface area contributed by atoms with Crippen LogP contribution in [0.2, 0.25) is 0 Å². The number of hydrogen-bond donors (Lipinski definition) is 2. The van der Waals surface area contributed by atoms with Crippen molar-refractivity contribution in [3.63, 3.8) is 0 Å². The van der Waals surface area contributed by atoms with Crippen LogP contribution in [0, 0.1) is 0 Å². The minimum atomic E-state index is -0.881. The predicted molar refractivity (Wildman–Crippen MR) is 74.7 cm³/mol. The molecule has 0 aliphatic carbocycles. The van der Waals surface area contributed by atoms with E-state index in [0.717, 1.165) is 17.7 Å². The molecule has 0 amide bonds. The lowest BCUT2D eigenvalue weighted by atomic mass is 10.0. The van der Waals surface area contributed by atoms with E-state index >= 15 is 0 Å². The second kappa shape index (κ2) is 6.45. The first-order valence-corrected chi connectivity index (χ1v) is 6.55. The first kappa shape index (κ1) is 13.7. The van der Waals surface area contributed by atoms with Crippen molar-refractivity contribution >= 4 is 0 Å². The highest BCUT2D eigenvalue weighted by molar-refractivity contribution is 5.20. The number of aromatic nitrogens is 1. The maximum absolute atomic E-state index is 10.1. The van der Waals surface area contributed by atoms with Gasteiger partial charge in [0.15, 0.2) is 0 Å². The minimum Gasteiger partial charge on any atom is -0.390 e. The Labute approximate surface area is 113 Å². The number of pyridine rings is 1.